The summed E-state index contributed by atoms with van der Waals surface area (Å²) >= 11 is 0. The molecule has 3 rings (SSSR count). The van der Waals surface area contributed by atoms with Crippen molar-refractivity contribution < 1.29 is 4.74 Å². The van der Waals surface area contributed by atoms with Crippen LogP contribution in [-0.2, 0) is 4.74 Å². The van der Waals surface area contributed by atoms with E-state index in [1.807, 2.05) is 12.3 Å². The molecule has 0 unspecified atom stereocenters. The fourth-order valence-corrected chi connectivity index (χ4v) is 2.69. The summed E-state index contributed by atoms with van der Waals surface area (Å²) in [5.41, 5.74) is 0.237. The minimum absolute atomic E-state index is 0.237. The van der Waals surface area contributed by atoms with Crippen molar-refractivity contribution in [1.29, 1.82) is 0 Å². The van der Waals surface area contributed by atoms with Gasteiger partial charge in [0.05, 0.1) is 19.3 Å². The molecular weight excluding hydrogens is 266 g/mol. The van der Waals surface area contributed by atoms with Crippen molar-refractivity contribution in [1.82, 2.24) is 14.9 Å². The third kappa shape index (κ3) is 3.44. The van der Waals surface area contributed by atoms with E-state index in [1.54, 1.807) is 0 Å². The van der Waals surface area contributed by atoms with Crippen LogP contribution in [0.2, 0.25) is 0 Å². The van der Waals surface area contributed by atoms with Gasteiger partial charge in [0.1, 0.15) is 5.82 Å². The molecule has 116 valence electrons. The van der Waals surface area contributed by atoms with Gasteiger partial charge in [0.2, 0.25) is 5.95 Å². The Balaban J connectivity index is 1.61. The van der Waals surface area contributed by atoms with Crippen molar-refractivity contribution in [2.45, 2.75) is 32.4 Å². The van der Waals surface area contributed by atoms with Gasteiger partial charge in [-0.25, -0.2) is 4.98 Å². The zero-order chi connectivity index (χ0) is 14.9. The minimum atomic E-state index is 0.237. The number of nitrogens with zero attached hydrogens (tertiary/aromatic N) is 4. The quantitative estimate of drug-likeness (QED) is 0.903. The number of hydrogen-bond acceptors (Lipinski definition) is 6. The van der Waals surface area contributed by atoms with Crippen molar-refractivity contribution in [3.63, 3.8) is 0 Å². The molecule has 2 aliphatic rings. The molecule has 2 fully saturated rings. The van der Waals surface area contributed by atoms with Crippen LogP contribution < -0.4 is 10.2 Å². The van der Waals surface area contributed by atoms with Gasteiger partial charge in [0.25, 0.3) is 0 Å². The Morgan fingerprint density at radius 3 is 2.48 bits per heavy atom. The lowest BCUT2D eigenvalue weighted by atomic mass is 10.1. The maximum Gasteiger partial charge on any atom is 0.227 e. The van der Waals surface area contributed by atoms with Crippen LogP contribution >= 0.6 is 0 Å². The first-order chi connectivity index (χ1) is 10.0. The highest BCUT2D eigenvalue weighted by Crippen LogP contribution is 2.19. The largest absolute Gasteiger partial charge is 0.377 e. The van der Waals surface area contributed by atoms with Crippen LogP contribution in [0.5, 0.6) is 0 Å². The summed E-state index contributed by atoms with van der Waals surface area (Å²) in [6.07, 6.45) is 1.83. The number of nitrogens with one attached hydrogen (secondary N) is 1. The predicted molar refractivity (Wildman–Crippen MR) is 83.8 cm³/mol. The lowest BCUT2D eigenvalue weighted by molar-refractivity contribution is 0.0209. The number of hydrogen-bond donors (Lipinski definition) is 1. The van der Waals surface area contributed by atoms with Crippen LogP contribution in [0.15, 0.2) is 12.3 Å². The molecule has 6 heteroatoms. The molecule has 1 N–H and O–H groups in total. The monoisotopic (exact) mass is 291 g/mol. The molecule has 0 radical (unpaired) electrons. The fourth-order valence-electron chi connectivity index (χ4n) is 2.69. The summed E-state index contributed by atoms with van der Waals surface area (Å²) in [7, 11) is 0. The molecule has 1 aromatic rings. The van der Waals surface area contributed by atoms with E-state index in [9.17, 15) is 0 Å². The third-order valence-electron chi connectivity index (χ3n) is 4.14. The van der Waals surface area contributed by atoms with Gasteiger partial charge in [-0.2, -0.15) is 4.98 Å². The van der Waals surface area contributed by atoms with Gasteiger partial charge in [-0.05, 0) is 26.8 Å². The second-order valence-corrected chi connectivity index (χ2v) is 6.77. The molecule has 2 aliphatic heterocycles. The molecule has 1 aromatic heterocycles. The molecule has 0 atom stereocenters. The molecule has 0 spiro atoms. The third-order valence-corrected chi connectivity index (χ3v) is 4.14. The zero-order valence-electron chi connectivity index (χ0n) is 13.2. The van der Waals surface area contributed by atoms with Crippen LogP contribution in [0, 0.1) is 0 Å². The molecular formula is C15H25N5O. The number of aromatic nitrogens is 2. The van der Waals surface area contributed by atoms with Crippen molar-refractivity contribution in [3.8, 4) is 0 Å². The van der Waals surface area contributed by atoms with E-state index in [0.717, 1.165) is 51.2 Å². The van der Waals surface area contributed by atoms with E-state index >= 15 is 0 Å². The molecule has 0 saturated carbocycles. The topological polar surface area (TPSA) is 53.5 Å². The zero-order valence-corrected chi connectivity index (χ0v) is 13.2. The Hall–Kier alpha value is -1.40. The number of piperazine rings is 1. The smallest absolute Gasteiger partial charge is 0.227 e. The summed E-state index contributed by atoms with van der Waals surface area (Å²) in [4.78, 5) is 13.8. The molecule has 6 nitrogen and oxygen atoms in total. The molecule has 21 heavy (non-hydrogen) atoms. The average molecular weight is 291 g/mol. The first kappa shape index (κ1) is 14.5. The van der Waals surface area contributed by atoms with E-state index < -0.39 is 0 Å². The summed E-state index contributed by atoms with van der Waals surface area (Å²) in [5.74, 6) is 1.72. The van der Waals surface area contributed by atoms with Crippen LogP contribution in [0.3, 0.4) is 0 Å². The van der Waals surface area contributed by atoms with Crippen molar-refractivity contribution >= 4 is 11.8 Å². The van der Waals surface area contributed by atoms with Gasteiger partial charge in [0, 0.05) is 37.9 Å². The second kappa shape index (κ2) is 5.77. The van der Waals surface area contributed by atoms with Crippen molar-refractivity contribution in [2.75, 3.05) is 49.6 Å². The van der Waals surface area contributed by atoms with E-state index in [-0.39, 0.29) is 5.54 Å². The Bertz CT molecular complexity index is 475. The van der Waals surface area contributed by atoms with E-state index in [0.29, 0.717) is 6.04 Å². The fraction of sp³-hybridized carbons (Fsp3) is 0.733. The SMILES string of the molecule is CC(C)(C)N1CCN(c2nccc(NC3COC3)n2)CC1. The van der Waals surface area contributed by atoms with E-state index in [2.05, 4.69) is 45.9 Å². The molecule has 0 bridgehead atoms. The normalized spacial score (nSPS) is 21.2. The highest BCUT2D eigenvalue weighted by molar-refractivity contribution is 5.42. The van der Waals surface area contributed by atoms with E-state index in [4.69, 9.17) is 4.74 Å². The first-order valence-electron chi connectivity index (χ1n) is 7.70. The van der Waals surface area contributed by atoms with Gasteiger partial charge in [0.15, 0.2) is 0 Å². The first-order valence-corrected chi connectivity index (χ1v) is 7.70. The van der Waals surface area contributed by atoms with Gasteiger partial charge in [-0.1, -0.05) is 0 Å². The lowest BCUT2D eigenvalue weighted by Crippen LogP contribution is -2.53. The highest BCUT2D eigenvalue weighted by atomic mass is 16.5. The van der Waals surface area contributed by atoms with Gasteiger partial charge >= 0.3 is 0 Å². The van der Waals surface area contributed by atoms with Crippen molar-refractivity contribution in [3.05, 3.63) is 12.3 Å². The maximum absolute atomic E-state index is 5.18. The van der Waals surface area contributed by atoms with Crippen LogP contribution in [0.4, 0.5) is 11.8 Å². The van der Waals surface area contributed by atoms with Gasteiger partial charge < -0.3 is 15.0 Å². The predicted octanol–water partition coefficient (Wildman–Crippen LogP) is 1.21. The van der Waals surface area contributed by atoms with Crippen LogP contribution in [-0.4, -0.2) is 65.8 Å². The molecule has 0 amide bonds. The van der Waals surface area contributed by atoms with Gasteiger partial charge in [-0.3, -0.25) is 4.90 Å². The Labute approximate surface area is 126 Å². The minimum Gasteiger partial charge on any atom is -0.377 e. The molecule has 0 aromatic carbocycles. The summed E-state index contributed by atoms with van der Waals surface area (Å²) in [5, 5.41) is 3.38. The number of ether oxygens (including phenoxy) is 1. The van der Waals surface area contributed by atoms with Gasteiger partial charge in [-0.15, -0.1) is 0 Å². The summed E-state index contributed by atoms with van der Waals surface area (Å²) in [6.45, 7) is 12.4. The Morgan fingerprint density at radius 2 is 1.90 bits per heavy atom. The van der Waals surface area contributed by atoms with Crippen molar-refractivity contribution in [2.24, 2.45) is 0 Å². The number of anilines is 2. The average Bonchev–Trinajstić information content (AvgIpc) is 2.43. The standard InChI is InChI=1S/C15H25N5O/c1-15(2,3)20-8-6-19(7-9-20)14-16-5-4-13(18-14)17-12-10-21-11-12/h4-5,12H,6-11H2,1-3H3,(H,16,17,18). The molecule has 0 aliphatic carbocycles. The maximum atomic E-state index is 5.18. The van der Waals surface area contributed by atoms with Crippen LogP contribution in [0.25, 0.3) is 0 Å². The summed E-state index contributed by atoms with van der Waals surface area (Å²) in [6, 6.07) is 2.32. The molecule has 2 saturated heterocycles. The molecule has 3 heterocycles. The van der Waals surface area contributed by atoms with E-state index in [1.165, 1.54) is 0 Å². The number of rotatable bonds is 3. The van der Waals surface area contributed by atoms with Crippen LogP contribution in [0.1, 0.15) is 20.8 Å². The Morgan fingerprint density at radius 1 is 1.19 bits per heavy atom. The Kier molecular flexibility index (Phi) is 3.99. The lowest BCUT2D eigenvalue weighted by Gasteiger charge is -2.42. The second-order valence-electron chi connectivity index (χ2n) is 6.77. The highest BCUT2D eigenvalue weighted by Gasteiger charge is 2.27. The summed E-state index contributed by atoms with van der Waals surface area (Å²) < 4.78 is 5.18.